The highest BCUT2D eigenvalue weighted by atomic mass is 16.5. The molecule has 6 heteroatoms. The van der Waals surface area contributed by atoms with Gasteiger partial charge in [-0.1, -0.05) is 48.5 Å². The second-order valence-corrected chi connectivity index (χ2v) is 6.91. The van der Waals surface area contributed by atoms with E-state index in [1.165, 1.54) is 0 Å². The van der Waals surface area contributed by atoms with Crippen LogP contribution in [0.4, 0.5) is 5.69 Å². The molecule has 0 saturated carbocycles. The van der Waals surface area contributed by atoms with E-state index >= 15 is 0 Å². The average molecular weight is 417 g/mol. The Kier molecular flexibility index (Phi) is 7.17. The van der Waals surface area contributed by atoms with Crippen molar-refractivity contribution in [2.45, 2.75) is 13.5 Å². The minimum atomic E-state index is -0.981. The summed E-state index contributed by atoms with van der Waals surface area (Å²) in [6, 6.07) is 22.7. The van der Waals surface area contributed by atoms with Crippen LogP contribution in [-0.4, -0.2) is 36.0 Å². The van der Waals surface area contributed by atoms with Gasteiger partial charge in [-0.15, -0.1) is 0 Å². The SMILES string of the molecule is CCOC(=O)c1ccc(N(CC(=O)O)Cc2cccc(C(=O)c3ccccc3)c2)cc1. The second kappa shape index (κ2) is 10.2. The highest BCUT2D eigenvalue weighted by Crippen LogP contribution is 2.20. The van der Waals surface area contributed by atoms with E-state index in [0.29, 0.717) is 28.9 Å². The average Bonchev–Trinajstić information content (AvgIpc) is 2.79. The lowest BCUT2D eigenvalue weighted by Crippen LogP contribution is -2.29. The van der Waals surface area contributed by atoms with Crippen molar-refractivity contribution in [3.63, 3.8) is 0 Å². The lowest BCUT2D eigenvalue weighted by molar-refractivity contribution is -0.135. The molecule has 0 saturated heterocycles. The van der Waals surface area contributed by atoms with Gasteiger partial charge in [0, 0.05) is 23.4 Å². The molecule has 0 aliphatic carbocycles. The van der Waals surface area contributed by atoms with Crippen molar-refractivity contribution in [2.75, 3.05) is 18.1 Å². The summed E-state index contributed by atoms with van der Waals surface area (Å²) >= 11 is 0. The highest BCUT2D eigenvalue weighted by molar-refractivity contribution is 6.09. The van der Waals surface area contributed by atoms with E-state index in [4.69, 9.17) is 4.74 Å². The maximum absolute atomic E-state index is 12.7. The molecule has 31 heavy (non-hydrogen) atoms. The first-order valence-corrected chi connectivity index (χ1v) is 9.90. The molecule has 1 N–H and O–H groups in total. The van der Waals surface area contributed by atoms with Gasteiger partial charge in [0.05, 0.1) is 12.2 Å². The number of carboxylic acids is 1. The maximum atomic E-state index is 12.7. The summed E-state index contributed by atoms with van der Waals surface area (Å²) in [4.78, 5) is 37.7. The fraction of sp³-hybridized carbons (Fsp3) is 0.160. The van der Waals surface area contributed by atoms with Gasteiger partial charge in [0.1, 0.15) is 6.54 Å². The van der Waals surface area contributed by atoms with Crippen LogP contribution in [0.2, 0.25) is 0 Å². The minimum Gasteiger partial charge on any atom is -0.480 e. The summed E-state index contributed by atoms with van der Waals surface area (Å²) in [5.74, 6) is -1.50. The molecule has 0 amide bonds. The number of carbonyl (C=O) groups is 3. The van der Waals surface area contributed by atoms with Crippen molar-refractivity contribution < 1.29 is 24.2 Å². The van der Waals surface area contributed by atoms with Gasteiger partial charge in [-0.2, -0.15) is 0 Å². The molecule has 0 aliphatic heterocycles. The largest absolute Gasteiger partial charge is 0.480 e. The van der Waals surface area contributed by atoms with Gasteiger partial charge >= 0.3 is 11.9 Å². The van der Waals surface area contributed by atoms with E-state index in [1.54, 1.807) is 66.4 Å². The molecule has 0 bridgehead atoms. The van der Waals surface area contributed by atoms with Crippen LogP contribution in [0.1, 0.15) is 38.8 Å². The van der Waals surface area contributed by atoms with E-state index < -0.39 is 11.9 Å². The van der Waals surface area contributed by atoms with Crippen molar-refractivity contribution in [1.82, 2.24) is 0 Å². The predicted molar refractivity (Wildman–Crippen MR) is 117 cm³/mol. The molecule has 3 rings (SSSR count). The first kappa shape index (κ1) is 21.8. The number of esters is 1. The fourth-order valence-corrected chi connectivity index (χ4v) is 3.21. The lowest BCUT2D eigenvalue weighted by Gasteiger charge is -2.23. The number of hydrogen-bond donors (Lipinski definition) is 1. The third-order valence-electron chi connectivity index (χ3n) is 4.67. The van der Waals surface area contributed by atoms with Crippen LogP contribution >= 0.6 is 0 Å². The number of anilines is 1. The van der Waals surface area contributed by atoms with E-state index in [0.717, 1.165) is 5.56 Å². The summed E-state index contributed by atoms with van der Waals surface area (Å²) < 4.78 is 4.98. The van der Waals surface area contributed by atoms with Crippen LogP contribution in [0.3, 0.4) is 0 Å². The zero-order valence-corrected chi connectivity index (χ0v) is 17.2. The molecule has 158 valence electrons. The molecular formula is C25H23NO5. The lowest BCUT2D eigenvalue weighted by atomic mass is 10.0. The Hall–Kier alpha value is -3.93. The number of rotatable bonds is 9. The molecule has 3 aromatic carbocycles. The van der Waals surface area contributed by atoms with Crippen LogP contribution < -0.4 is 4.90 Å². The van der Waals surface area contributed by atoms with E-state index in [-0.39, 0.29) is 18.9 Å². The van der Waals surface area contributed by atoms with Gasteiger partial charge in [0.15, 0.2) is 5.78 Å². The predicted octanol–water partition coefficient (Wildman–Crippen LogP) is 4.19. The third kappa shape index (κ3) is 5.79. The van der Waals surface area contributed by atoms with Crippen molar-refractivity contribution in [1.29, 1.82) is 0 Å². The number of nitrogens with zero attached hydrogens (tertiary/aromatic N) is 1. The molecule has 3 aromatic rings. The zero-order valence-electron chi connectivity index (χ0n) is 17.2. The van der Waals surface area contributed by atoms with Gasteiger partial charge < -0.3 is 14.7 Å². The minimum absolute atomic E-state index is 0.0916. The monoisotopic (exact) mass is 417 g/mol. The zero-order chi connectivity index (χ0) is 22.2. The van der Waals surface area contributed by atoms with Crippen LogP contribution in [0, 0.1) is 0 Å². The summed E-state index contributed by atoms with van der Waals surface area (Å²) in [5.41, 5.74) is 2.98. The summed E-state index contributed by atoms with van der Waals surface area (Å²) in [7, 11) is 0. The van der Waals surface area contributed by atoms with Crippen LogP contribution in [0.15, 0.2) is 78.9 Å². The van der Waals surface area contributed by atoms with E-state index in [1.807, 2.05) is 24.3 Å². The van der Waals surface area contributed by atoms with Gasteiger partial charge in [-0.05, 0) is 42.8 Å². The molecule has 0 fully saturated rings. The first-order chi connectivity index (χ1) is 15.0. The van der Waals surface area contributed by atoms with Crippen LogP contribution in [0.25, 0.3) is 0 Å². The molecule has 0 atom stereocenters. The van der Waals surface area contributed by atoms with Gasteiger partial charge in [0.25, 0.3) is 0 Å². The fourth-order valence-electron chi connectivity index (χ4n) is 3.21. The Morgan fingerprint density at radius 2 is 1.52 bits per heavy atom. The Labute approximate surface area is 180 Å². The number of ether oxygens (including phenoxy) is 1. The number of benzene rings is 3. The summed E-state index contributed by atoms with van der Waals surface area (Å²) in [6.45, 7) is 2.08. The molecule has 0 aromatic heterocycles. The second-order valence-electron chi connectivity index (χ2n) is 6.91. The number of aliphatic carboxylic acids is 1. The molecule has 0 radical (unpaired) electrons. The van der Waals surface area contributed by atoms with Gasteiger partial charge in [0.2, 0.25) is 0 Å². The van der Waals surface area contributed by atoms with Gasteiger partial charge in [-0.3, -0.25) is 9.59 Å². The Morgan fingerprint density at radius 1 is 0.839 bits per heavy atom. The Morgan fingerprint density at radius 3 is 2.16 bits per heavy atom. The number of hydrogen-bond acceptors (Lipinski definition) is 5. The Balaban J connectivity index is 1.82. The smallest absolute Gasteiger partial charge is 0.338 e. The maximum Gasteiger partial charge on any atom is 0.338 e. The highest BCUT2D eigenvalue weighted by Gasteiger charge is 2.15. The molecule has 0 aliphatic rings. The van der Waals surface area contributed by atoms with E-state index in [2.05, 4.69) is 0 Å². The summed E-state index contributed by atoms with van der Waals surface area (Å²) in [5, 5.41) is 9.36. The van der Waals surface area contributed by atoms with Crippen molar-refractivity contribution in [3.05, 3.63) is 101 Å². The first-order valence-electron chi connectivity index (χ1n) is 9.90. The third-order valence-corrected chi connectivity index (χ3v) is 4.67. The van der Waals surface area contributed by atoms with Crippen molar-refractivity contribution >= 4 is 23.4 Å². The topological polar surface area (TPSA) is 83.9 Å². The van der Waals surface area contributed by atoms with Crippen molar-refractivity contribution in [3.8, 4) is 0 Å². The van der Waals surface area contributed by atoms with Crippen molar-refractivity contribution in [2.24, 2.45) is 0 Å². The van der Waals surface area contributed by atoms with Crippen LogP contribution in [0.5, 0.6) is 0 Å². The molecule has 0 spiro atoms. The summed E-state index contributed by atoms with van der Waals surface area (Å²) in [6.07, 6.45) is 0. The number of carboxylic acid groups (broad SMARTS) is 1. The quantitative estimate of drug-likeness (QED) is 0.415. The Bertz CT molecular complexity index is 1060. The normalized spacial score (nSPS) is 10.4. The number of ketones is 1. The molecule has 6 nitrogen and oxygen atoms in total. The van der Waals surface area contributed by atoms with Crippen LogP contribution in [-0.2, 0) is 16.1 Å². The standard InChI is InChI=1S/C25H23NO5/c1-2-31-25(30)20-11-13-22(14-12-20)26(17-23(27)28)16-18-7-6-10-21(15-18)24(29)19-8-4-3-5-9-19/h3-15H,2,16-17H2,1H3,(H,27,28). The van der Waals surface area contributed by atoms with E-state index in [9.17, 15) is 19.5 Å². The number of carbonyl (C=O) groups excluding carboxylic acids is 2. The van der Waals surface area contributed by atoms with Gasteiger partial charge in [-0.25, -0.2) is 4.79 Å². The molecule has 0 heterocycles. The molecular weight excluding hydrogens is 394 g/mol. The molecule has 0 unspecified atom stereocenters.